The Morgan fingerprint density at radius 2 is 1.72 bits per heavy atom. The normalized spacial score (nSPS) is 15.4. The first kappa shape index (κ1) is 17.9. The molecule has 0 unspecified atom stereocenters. The number of benzene rings is 1. The molecule has 0 bridgehead atoms. The van der Waals surface area contributed by atoms with Gasteiger partial charge in [0.1, 0.15) is 0 Å². The van der Waals surface area contributed by atoms with Crippen LogP contribution in [0.25, 0.3) is 21.4 Å². The fourth-order valence-electron chi connectivity index (χ4n) is 3.88. The maximum atomic E-state index is 12.3. The third kappa shape index (κ3) is 2.91. The number of fused-ring (bicyclic) bond motifs is 2. The Balaban J connectivity index is 1.46. The van der Waals surface area contributed by atoms with E-state index >= 15 is 0 Å². The standard InChI is InChI=1S/C19H21N7O2S/c1-23-14-15(24(2)18(28)22-16(14)27)21-17(23)25-8-5-9-26(11-10-25)19-20-12-6-3-4-7-13(12)29-19/h3-4,6-7H,5,8-11H2,1-2H3,(H,22,27,28). The molecule has 4 aromatic rings. The van der Waals surface area contributed by atoms with E-state index in [1.807, 2.05) is 25.2 Å². The molecule has 0 spiro atoms. The molecule has 29 heavy (non-hydrogen) atoms. The van der Waals surface area contributed by atoms with Gasteiger partial charge in [0.25, 0.3) is 5.56 Å². The van der Waals surface area contributed by atoms with Gasteiger partial charge in [0.15, 0.2) is 16.3 Å². The lowest BCUT2D eigenvalue weighted by Crippen LogP contribution is -2.32. The molecule has 5 rings (SSSR count). The van der Waals surface area contributed by atoms with E-state index in [0.29, 0.717) is 17.1 Å². The average Bonchev–Trinajstić information content (AvgIpc) is 3.19. The molecule has 1 N–H and O–H groups in total. The number of aromatic amines is 1. The van der Waals surface area contributed by atoms with E-state index in [1.165, 1.54) is 9.27 Å². The minimum absolute atomic E-state index is 0.406. The summed E-state index contributed by atoms with van der Waals surface area (Å²) in [5.41, 5.74) is 0.988. The van der Waals surface area contributed by atoms with Gasteiger partial charge in [-0.05, 0) is 18.6 Å². The number of H-pyrrole nitrogens is 1. The third-order valence-electron chi connectivity index (χ3n) is 5.44. The number of anilines is 2. The van der Waals surface area contributed by atoms with Crippen LogP contribution in [0.4, 0.5) is 11.1 Å². The monoisotopic (exact) mass is 411 g/mol. The van der Waals surface area contributed by atoms with Gasteiger partial charge in [-0.2, -0.15) is 4.98 Å². The van der Waals surface area contributed by atoms with E-state index in [9.17, 15) is 9.59 Å². The van der Waals surface area contributed by atoms with Gasteiger partial charge in [0, 0.05) is 40.3 Å². The molecule has 0 atom stereocenters. The minimum atomic E-state index is -0.454. The van der Waals surface area contributed by atoms with Crippen molar-refractivity contribution in [2.75, 3.05) is 36.0 Å². The number of hydrogen-bond donors (Lipinski definition) is 1. The Kier molecular flexibility index (Phi) is 4.16. The first-order chi connectivity index (χ1) is 14.0. The fourth-order valence-corrected chi connectivity index (χ4v) is 4.90. The lowest BCUT2D eigenvalue weighted by Gasteiger charge is -2.22. The highest BCUT2D eigenvalue weighted by atomic mass is 32.1. The quantitative estimate of drug-likeness (QED) is 0.534. The van der Waals surface area contributed by atoms with Crippen molar-refractivity contribution in [2.24, 2.45) is 14.1 Å². The van der Waals surface area contributed by atoms with Gasteiger partial charge in [0.05, 0.1) is 10.2 Å². The van der Waals surface area contributed by atoms with Crippen molar-refractivity contribution in [1.29, 1.82) is 0 Å². The number of thiazole rings is 1. The van der Waals surface area contributed by atoms with E-state index in [4.69, 9.17) is 4.98 Å². The molecular formula is C19H21N7O2S. The molecule has 3 aromatic heterocycles. The van der Waals surface area contributed by atoms with Crippen LogP contribution >= 0.6 is 11.3 Å². The molecule has 0 saturated carbocycles. The van der Waals surface area contributed by atoms with E-state index < -0.39 is 11.2 Å². The first-order valence-electron chi connectivity index (χ1n) is 9.54. The molecule has 1 aliphatic rings. The summed E-state index contributed by atoms with van der Waals surface area (Å²) in [6.45, 7) is 3.32. The molecule has 0 amide bonds. The minimum Gasteiger partial charge on any atom is -0.346 e. The number of aromatic nitrogens is 5. The van der Waals surface area contributed by atoms with Crippen molar-refractivity contribution in [1.82, 2.24) is 24.1 Å². The number of nitrogens with zero attached hydrogens (tertiary/aromatic N) is 6. The fraction of sp³-hybridized carbons (Fsp3) is 0.368. The highest BCUT2D eigenvalue weighted by Crippen LogP contribution is 2.29. The van der Waals surface area contributed by atoms with Crippen LogP contribution in [0.2, 0.25) is 0 Å². The van der Waals surface area contributed by atoms with E-state index in [2.05, 4.69) is 25.8 Å². The van der Waals surface area contributed by atoms with E-state index in [1.54, 1.807) is 23.0 Å². The highest BCUT2D eigenvalue weighted by Gasteiger charge is 2.23. The van der Waals surface area contributed by atoms with Gasteiger partial charge < -0.3 is 14.4 Å². The number of imidazole rings is 1. The summed E-state index contributed by atoms with van der Waals surface area (Å²) in [7, 11) is 3.44. The summed E-state index contributed by atoms with van der Waals surface area (Å²) in [5.74, 6) is 0.706. The van der Waals surface area contributed by atoms with Gasteiger partial charge in [-0.1, -0.05) is 23.5 Å². The smallest absolute Gasteiger partial charge is 0.329 e. The van der Waals surface area contributed by atoms with Gasteiger partial charge in [0.2, 0.25) is 5.95 Å². The van der Waals surface area contributed by atoms with Gasteiger partial charge in [-0.3, -0.25) is 14.3 Å². The van der Waals surface area contributed by atoms with Crippen molar-refractivity contribution < 1.29 is 0 Å². The molecule has 0 aliphatic carbocycles. The predicted octanol–water partition coefficient (Wildman–Crippen LogP) is 1.29. The van der Waals surface area contributed by atoms with Crippen LogP contribution in [0.15, 0.2) is 33.9 Å². The van der Waals surface area contributed by atoms with Crippen LogP contribution in [0.5, 0.6) is 0 Å². The summed E-state index contributed by atoms with van der Waals surface area (Å²) in [6.07, 6.45) is 0.953. The number of nitrogens with one attached hydrogen (secondary N) is 1. The van der Waals surface area contributed by atoms with Gasteiger partial charge in [-0.15, -0.1) is 0 Å². The molecule has 4 heterocycles. The Morgan fingerprint density at radius 1 is 0.966 bits per heavy atom. The second-order valence-electron chi connectivity index (χ2n) is 7.25. The Hall–Kier alpha value is -3.14. The lowest BCUT2D eigenvalue weighted by molar-refractivity contribution is 0.756. The van der Waals surface area contributed by atoms with Crippen molar-refractivity contribution in [2.45, 2.75) is 6.42 Å². The summed E-state index contributed by atoms with van der Waals surface area (Å²) in [4.78, 5) is 40.5. The van der Waals surface area contributed by atoms with Gasteiger partial charge >= 0.3 is 5.69 Å². The molecule has 9 nitrogen and oxygen atoms in total. The Labute approximate surface area is 169 Å². The van der Waals surface area contributed by atoms with Gasteiger partial charge in [-0.25, -0.2) is 9.78 Å². The van der Waals surface area contributed by atoms with Crippen LogP contribution in [-0.4, -0.2) is 50.3 Å². The summed E-state index contributed by atoms with van der Waals surface area (Å²) < 4.78 is 4.35. The van der Waals surface area contributed by atoms with E-state index in [0.717, 1.165) is 43.2 Å². The molecule has 0 radical (unpaired) electrons. The van der Waals surface area contributed by atoms with Crippen molar-refractivity contribution in [3.8, 4) is 0 Å². The molecule has 1 aliphatic heterocycles. The maximum Gasteiger partial charge on any atom is 0.329 e. The van der Waals surface area contributed by atoms with Crippen molar-refractivity contribution >= 4 is 43.8 Å². The summed E-state index contributed by atoms with van der Waals surface area (Å²) >= 11 is 1.71. The van der Waals surface area contributed by atoms with Crippen molar-refractivity contribution in [3.63, 3.8) is 0 Å². The van der Waals surface area contributed by atoms with Crippen LogP contribution in [0.3, 0.4) is 0 Å². The SMILES string of the molecule is Cn1c(N2CCCN(c3nc4ccccc4s3)CC2)nc2c1c(=O)[nH]c(=O)n2C. The molecule has 150 valence electrons. The summed E-state index contributed by atoms with van der Waals surface area (Å²) in [6, 6.07) is 8.19. The van der Waals surface area contributed by atoms with Crippen LogP contribution in [0.1, 0.15) is 6.42 Å². The Bertz CT molecular complexity index is 1300. The number of para-hydroxylation sites is 1. The van der Waals surface area contributed by atoms with Crippen LogP contribution < -0.4 is 21.0 Å². The zero-order valence-electron chi connectivity index (χ0n) is 16.3. The largest absolute Gasteiger partial charge is 0.346 e. The number of rotatable bonds is 2. The number of hydrogen-bond acceptors (Lipinski definition) is 7. The molecule has 10 heteroatoms. The lowest BCUT2D eigenvalue weighted by atomic mass is 10.3. The zero-order valence-corrected chi connectivity index (χ0v) is 17.1. The molecule has 1 fully saturated rings. The zero-order chi connectivity index (χ0) is 20.1. The molecule has 1 saturated heterocycles. The van der Waals surface area contributed by atoms with Crippen LogP contribution in [0, 0.1) is 0 Å². The molecular weight excluding hydrogens is 390 g/mol. The topological polar surface area (TPSA) is 92.1 Å². The van der Waals surface area contributed by atoms with Crippen LogP contribution in [-0.2, 0) is 14.1 Å². The Morgan fingerprint density at radius 3 is 2.55 bits per heavy atom. The first-order valence-corrected chi connectivity index (χ1v) is 10.4. The number of aryl methyl sites for hydroxylation is 2. The predicted molar refractivity (Wildman–Crippen MR) is 115 cm³/mol. The average molecular weight is 411 g/mol. The second kappa shape index (κ2) is 6.73. The highest BCUT2D eigenvalue weighted by molar-refractivity contribution is 7.22. The molecule has 1 aromatic carbocycles. The summed E-state index contributed by atoms with van der Waals surface area (Å²) in [5, 5.41) is 1.04. The van der Waals surface area contributed by atoms with Crippen molar-refractivity contribution in [3.05, 3.63) is 45.1 Å². The maximum absolute atomic E-state index is 12.3. The third-order valence-corrected chi connectivity index (χ3v) is 6.54. The second-order valence-corrected chi connectivity index (χ2v) is 8.26. The van der Waals surface area contributed by atoms with E-state index in [-0.39, 0.29) is 0 Å².